The molecule has 0 spiro atoms. The highest BCUT2D eigenvalue weighted by Gasteiger charge is 2.47. The zero-order chi connectivity index (χ0) is 31.2. The molecule has 1 saturated carbocycles. The van der Waals surface area contributed by atoms with Gasteiger partial charge in [0.2, 0.25) is 11.8 Å². The first kappa shape index (κ1) is 31.0. The van der Waals surface area contributed by atoms with E-state index in [2.05, 4.69) is 15.5 Å². The number of anilines is 2. The number of hydrogen-bond acceptors (Lipinski definition) is 5. The van der Waals surface area contributed by atoms with Crippen LogP contribution < -0.4 is 15.5 Å². The number of hydrogen-bond donors (Lipinski definition) is 2. The van der Waals surface area contributed by atoms with E-state index in [0.29, 0.717) is 49.0 Å². The van der Waals surface area contributed by atoms with E-state index >= 15 is 4.39 Å². The number of thiocarbonyl (C=S) groups is 1. The molecule has 2 N–H and O–H groups in total. The van der Waals surface area contributed by atoms with Gasteiger partial charge in [0.1, 0.15) is 11.4 Å². The van der Waals surface area contributed by atoms with Crippen molar-refractivity contribution in [2.24, 2.45) is 0 Å². The molecule has 3 aromatic carbocycles. The third-order valence-corrected chi connectivity index (χ3v) is 9.60. The highest BCUT2D eigenvalue weighted by atomic mass is 32.1. The molecule has 10 heteroatoms. The Morgan fingerprint density at radius 1 is 0.956 bits per heavy atom. The standard InChI is InChI=1S/C35H40FN5O3S/c36-30-12-6-5-11-27(30)23-41(32(42)25-40-24-31(38-34(40)45)26-9-3-1-4-10-26)35(17-7-2-8-18-35)33(43)37-28-13-15-29(16-14-28)39-19-21-44-22-20-39/h1,3-6,9-16,31H,2,7-8,17-25H2,(H,37,43)(H,38,45)/t31-/m1/s1. The molecule has 6 rings (SSSR count). The van der Waals surface area contributed by atoms with Crippen molar-refractivity contribution < 1.29 is 18.7 Å². The molecule has 2 saturated heterocycles. The molecule has 8 nitrogen and oxygen atoms in total. The van der Waals surface area contributed by atoms with Gasteiger partial charge in [0.05, 0.1) is 25.8 Å². The number of morpholine rings is 1. The van der Waals surface area contributed by atoms with Gasteiger partial charge in [0, 0.05) is 43.1 Å². The number of carbonyl (C=O) groups is 2. The SMILES string of the molecule is O=C(CN1C[C@H](c2ccccc2)NC1=S)N(Cc1ccccc1F)C1(C(=O)Nc2ccc(N3CCOCC3)cc2)CCCCC1. The zero-order valence-electron chi connectivity index (χ0n) is 25.4. The Balaban J connectivity index is 1.26. The Bertz CT molecular complexity index is 1490. The quantitative estimate of drug-likeness (QED) is 0.313. The van der Waals surface area contributed by atoms with E-state index in [1.54, 1.807) is 23.1 Å². The second kappa shape index (κ2) is 14.0. The topological polar surface area (TPSA) is 77.2 Å². The van der Waals surface area contributed by atoms with Crippen molar-refractivity contribution in [3.63, 3.8) is 0 Å². The summed E-state index contributed by atoms with van der Waals surface area (Å²) in [5.74, 6) is -0.894. The van der Waals surface area contributed by atoms with Crippen LogP contribution in [0.1, 0.15) is 49.3 Å². The minimum absolute atomic E-state index is 0.00705. The first-order valence-electron chi connectivity index (χ1n) is 15.8. The molecule has 236 valence electrons. The minimum Gasteiger partial charge on any atom is -0.378 e. The predicted molar refractivity (Wildman–Crippen MR) is 177 cm³/mol. The minimum atomic E-state index is -1.13. The lowest BCUT2D eigenvalue weighted by atomic mass is 9.78. The molecule has 3 aliphatic rings. The van der Waals surface area contributed by atoms with Crippen LogP contribution in [0.3, 0.4) is 0 Å². The molecule has 3 fully saturated rings. The van der Waals surface area contributed by atoms with Gasteiger partial charge in [-0.2, -0.15) is 0 Å². The maximum atomic E-state index is 15.1. The molecule has 2 aliphatic heterocycles. The van der Waals surface area contributed by atoms with Crippen molar-refractivity contribution in [2.45, 2.75) is 50.2 Å². The number of rotatable bonds is 9. The van der Waals surface area contributed by atoms with Gasteiger partial charge in [-0.05, 0) is 61.0 Å². The number of benzene rings is 3. The van der Waals surface area contributed by atoms with Crippen LogP contribution in [0, 0.1) is 5.82 Å². The number of nitrogens with one attached hydrogen (secondary N) is 2. The lowest BCUT2D eigenvalue weighted by molar-refractivity contribution is -0.149. The molecule has 0 radical (unpaired) electrons. The number of halogens is 1. The maximum Gasteiger partial charge on any atom is 0.250 e. The fourth-order valence-electron chi connectivity index (χ4n) is 6.70. The zero-order valence-corrected chi connectivity index (χ0v) is 26.2. The van der Waals surface area contributed by atoms with Crippen LogP contribution >= 0.6 is 12.2 Å². The van der Waals surface area contributed by atoms with Gasteiger partial charge in [-0.15, -0.1) is 0 Å². The van der Waals surface area contributed by atoms with Crippen molar-refractivity contribution in [3.8, 4) is 0 Å². The van der Waals surface area contributed by atoms with Crippen molar-refractivity contribution in [3.05, 3.63) is 95.8 Å². The normalized spacial score (nSPS) is 19.6. The van der Waals surface area contributed by atoms with Gasteiger partial charge in [-0.3, -0.25) is 9.59 Å². The van der Waals surface area contributed by atoms with Crippen LogP contribution in [0.5, 0.6) is 0 Å². The molecule has 3 aromatic rings. The smallest absolute Gasteiger partial charge is 0.250 e. The monoisotopic (exact) mass is 629 g/mol. The molecule has 1 aliphatic carbocycles. The number of amides is 2. The van der Waals surface area contributed by atoms with E-state index in [1.165, 1.54) is 6.07 Å². The molecular formula is C35H40FN5O3S. The van der Waals surface area contributed by atoms with Gasteiger partial charge >= 0.3 is 0 Å². The predicted octanol–water partition coefficient (Wildman–Crippen LogP) is 5.26. The Hall–Kier alpha value is -4.02. The first-order chi connectivity index (χ1) is 21.9. The molecule has 0 aromatic heterocycles. The fraction of sp³-hybridized carbons (Fsp3) is 0.400. The summed E-state index contributed by atoms with van der Waals surface area (Å²) in [4.78, 5) is 34.5. The van der Waals surface area contributed by atoms with E-state index in [0.717, 1.165) is 43.6 Å². The number of ether oxygens (including phenoxy) is 1. The van der Waals surface area contributed by atoms with E-state index < -0.39 is 11.4 Å². The molecule has 2 heterocycles. The van der Waals surface area contributed by atoms with E-state index in [4.69, 9.17) is 17.0 Å². The van der Waals surface area contributed by atoms with Crippen molar-refractivity contribution in [1.29, 1.82) is 0 Å². The highest BCUT2D eigenvalue weighted by molar-refractivity contribution is 7.80. The summed E-state index contributed by atoms with van der Waals surface area (Å²) >= 11 is 5.65. The van der Waals surface area contributed by atoms with Crippen LogP contribution in [0.2, 0.25) is 0 Å². The number of nitrogens with zero attached hydrogens (tertiary/aromatic N) is 3. The second-order valence-corrected chi connectivity index (χ2v) is 12.4. The molecule has 0 bridgehead atoms. The van der Waals surface area contributed by atoms with E-state index in [1.807, 2.05) is 59.5 Å². The fourth-order valence-corrected chi connectivity index (χ4v) is 6.99. The third kappa shape index (κ3) is 6.97. The van der Waals surface area contributed by atoms with Crippen LogP contribution in [0.4, 0.5) is 15.8 Å². The third-order valence-electron chi connectivity index (χ3n) is 9.22. The van der Waals surface area contributed by atoms with Crippen LogP contribution in [0.25, 0.3) is 0 Å². The molecule has 1 atom stereocenters. The van der Waals surface area contributed by atoms with Crippen molar-refractivity contribution in [1.82, 2.24) is 15.1 Å². The van der Waals surface area contributed by atoms with Gasteiger partial charge in [0.25, 0.3) is 0 Å². The Kier molecular flexibility index (Phi) is 9.61. The van der Waals surface area contributed by atoms with Crippen molar-refractivity contribution >= 4 is 40.5 Å². The maximum absolute atomic E-state index is 15.1. The van der Waals surface area contributed by atoms with Crippen LogP contribution in [0.15, 0.2) is 78.9 Å². The van der Waals surface area contributed by atoms with E-state index in [9.17, 15) is 9.59 Å². The summed E-state index contributed by atoms with van der Waals surface area (Å²) in [6, 6.07) is 24.2. The summed E-state index contributed by atoms with van der Waals surface area (Å²) in [5, 5.41) is 6.95. The Morgan fingerprint density at radius 2 is 1.64 bits per heavy atom. The average Bonchev–Trinajstić information content (AvgIpc) is 3.45. The highest BCUT2D eigenvalue weighted by Crippen LogP contribution is 2.37. The van der Waals surface area contributed by atoms with Gasteiger partial charge in [-0.1, -0.05) is 67.8 Å². The molecule has 0 unspecified atom stereocenters. The largest absolute Gasteiger partial charge is 0.378 e. The summed E-state index contributed by atoms with van der Waals surface area (Å²) in [6.45, 7) is 3.54. The first-order valence-corrected chi connectivity index (χ1v) is 16.2. The second-order valence-electron chi connectivity index (χ2n) is 12.1. The molecule has 45 heavy (non-hydrogen) atoms. The number of carbonyl (C=O) groups excluding carboxylic acids is 2. The summed E-state index contributed by atoms with van der Waals surface area (Å²) < 4.78 is 20.5. The summed E-state index contributed by atoms with van der Waals surface area (Å²) in [5.41, 5.74) is 2.07. The van der Waals surface area contributed by atoms with Gasteiger partial charge in [-0.25, -0.2) is 4.39 Å². The van der Waals surface area contributed by atoms with Gasteiger partial charge < -0.3 is 30.1 Å². The lowest BCUT2D eigenvalue weighted by Crippen LogP contribution is -2.61. The molecular weight excluding hydrogens is 589 g/mol. The van der Waals surface area contributed by atoms with Crippen LogP contribution in [-0.2, 0) is 20.9 Å². The lowest BCUT2D eigenvalue weighted by Gasteiger charge is -2.45. The van der Waals surface area contributed by atoms with Gasteiger partial charge in [0.15, 0.2) is 5.11 Å². The summed E-state index contributed by atoms with van der Waals surface area (Å²) in [6.07, 6.45) is 3.57. The summed E-state index contributed by atoms with van der Waals surface area (Å²) in [7, 11) is 0. The van der Waals surface area contributed by atoms with Crippen molar-refractivity contribution in [2.75, 3.05) is 49.6 Å². The average molecular weight is 630 g/mol. The molecule has 2 amide bonds. The Morgan fingerprint density at radius 3 is 2.36 bits per heavy atom. The Labute approximate surface area is 269 Å². The van der Waals surface area contributed by atoms with E-state index in [-0.39, 0.29) is 30.9 Å². The van der Waals surface area contributed by atoms with Crippen LogP contribution in [-0.4, -0.2) is 71.7 Å².